The van der Waals surface area contributed by atoms with Gasteiger partial charge in [0.25, 0.3) is 5.91 Å². The number of fused-ring (bicyclic) bond motifs is 1. The Kier molecular flexibility index (Phi) is 8.71. The Morgan fingerprint density at radius 3 is 2.39 bits per heavy atom. The summed E-state index contributed by atoms with van der Waals surface area (Å²) in [6.07, 6.45) is -0.922. The molecule has 12 heteroatoms. The van der Waals surface area contributed by atoms with Crippen LogP contribution in [0.15, 0.2) is 24.3 Å². The fourth-order valence-electron chi connectivity index (χ4n) is 6.28. The fraction of sp³-hybridized carbons (Fsp3) is 0.621. The van der Waals surface area contributed by atoms with Crippen LogP contribution in [0.3, 0.4) is 0 Å². The van der Waals surface area contributed by atoms with Gasteiger partial charge in [-0.2, -0.15) is 0 Å². The maximum atomic E-state index is 13.5. The molecule has 0 bridgehead atoms. The minimum absolute atomic E-state index is 0.0183. The molecule has 0 saturated carbocycles. The Bertz CT molecular complexity index is 1270. The topological polar surface area (TPSA) is 111 Å². The summed E-state index contributed by atoms with van der Waals surface area (Å²) in [6, 6.07) is 7.62. The van der Waals surface area contributed by atoms with Crippen LogP contribution in [0.5, 0.6) is 5.75 Å². The molecule has 1 aromatic heterocycles. The summed E-state index contributed by atoms with van der Waals surface area (Å²) in [6.45, 7) is 9.79. The molecule has 2 unspecified atom stereocenters. The van der Waals surface area contributed by atoms with Gasteiger partial charge in [-0.25, -0.2) is 4.79 Å². The van der Waals surface area contributed by atoms with Crippen LogP contribution >= 0.6 is 0 Å². The SMILES string of the molecule is COc1ccc2cc(C(=O)N3CCN(C(=O)CN4CC(C)N(C(=O)O)CC4CN4CCOC[C@H]4C)CC3)n(C)c2c1. The van der Waals surface area contributed by atoms with Gasteiger partial charge < -0.3 is 33.8 Å². The zero-order valence-corrected chi connectivity index (χ0v) is 24.5. The second kappa shape index (κ2) is 12.3. The van der Waals surface area contributed by atoms with Crippen molar-refractivity contribution in [3.05, 3.63) is 30.0 Å². The van der Waals surface area contributed by atoms with Crippen molar-refractivity contribution < 1.29 is 29.0 Å². The summed E-state index contributed by atoms with van der Waals surface area (Å²) in [5, 5.41) is 10.7. The molecule has 1 aromatic carbocycles. The highest BCUT2D eigenvalue weighted by atomic mass is 16.5. The number of methoxy groups -OCH3 is 1. The molecular weight excluding hydrogens is 528 g/mol. The number of ether oxygens (including phenoxy) is 2. The zero-order chi connectivity index (χ0) is 29.3. The lowest BCUT2D eigenvalue weighted by atomic mass is 10.1. The third-order valence-electron chi connectivity index (χ3n) is 8.88. The van der Waals surface area contributed by atoms with E-state index >= 15 is 0 Å². The van der Waals surface area contributed by atoms with Crippen LogP contribution in [0.1, 0.15) is 24.3 Å². The first kappa shape index (κ1) is 29.2. The average Bonchev–Trinajstić information content (AvgIpc) is 3.30. The molecule has 0 aliphatic carbocycles. The molecule has 5 rings (SSSR count). The Hall–Kier alpha value is -3.35. The maximum absolute atomic E-state index is 13.5. The molecule has 0 radical (unpaired) electrons. The van der Waals surface area contributed by atoms with Gasteiger partial charge in [0.15, 0.2) is 0 Å². The molecule has 3 atom stereocenters. The van der Waals surface area contributed by atoms with Crippen molar-refractivity contribution >= 4 is 28.8 Å². The smallest absolute Gasteiger partial charge is 0.407 e. The Morgan fingerprint density at radius 1 is 0.976 bits per heavy atom. The maximum Gasteiger partial charge on any atom is 0.407 e. The highest BCUT2D eigenvalue weighted by molar-refractivity contribution is 5.99. The van der Waals surface area contributed by atoms with Crippen LogP contribution in [0.25, 0.3) is 10.9 Å². The molecular formula is C29H42N6O6. The molecule has 12 nitrogen and oxygen atoms in total. The van der Waals surface area contributed by atoms with Crippen molar-refractivity contribution in [3.8, 4) is 5.75 Å². The van der Waals surface area contributed by atoms with Crippen LogP contribution in [0.4, 0.5) is 4.79 Å². The lowest BCUT2D eigenvalue weighted by Gasteiger charge is -2.47. The molecule has 4 heterocycles. The summed E-state index contributed by atoms with van der Waals surface area (Å²) in [5.74, 6) is 0.711. The second-order valence-corrected chi connectivity index (χ2v) is 11.5. The van der Waals surface area contributed by atoms with Crippen molar-refractivity contribution in [1.82, 2.24) is 29.1 Å². The van der Waals surface area contributed by atoms with E-state index in [0.717, 1.165) is 23.2 Å². The van der Waals surface area contributed by atoms with E-state index in [1.54, 1.807) is 7.11 Å². The number of hydrogen-bond acceptors (Lipinski definition) is 7. The van der Waals surface area contributed by atoms with Crippen LogP contribution < -0.4 is 4.74 Å². The molecule has 2 aromatic rings. The first-order valence-electron chi connectivity index (χ1n) is 14.4. The molecule has 3 fully saturated rings. The summed E-state index contributed by atoms with van der Waals surface area (Å²) in [7, 11) is 3.51. The number of aromatic nitrogens is 1. The lowest BCUT2D eigenvalue weighted by Crippen LogP contribution is -2.64. The number of aryl methyl sites for hydroxylation is 1. The number of carboxylic acid groups (broad SMARTS) is 1. The minimum Gasteiger partial charge on any atom is -0.497 e. The number of benzene rings is 1. The van der Waals surface area contributed by atoms with Gasteiger partial charge in [-0.05, 0) is 32.0 Å². The van der Waals surface area contributed by atoms with Gasteiger partial charge in [-0.1, -0.05) is 0 Å². The van der Waals surface area contributed by atoms with Crippen LogP contribution in [0, 0.1) is 0 Å². The molecule has 224 valence electrons. The third kappa shape index (κ3) is 6.14. The van der Waals surface area contributed by atoms with Gasteiger partial charge in [0.2, 0.25) is 5.91 Å². The molecule has 3 amide bonds. The van der Waals surface area contributed by atoms with Crippen molar-refractivity contribution in [3.63, 3.8) is 0 Å². The van der Waals surface area contributed by atoms with Crippen molar-refractivity contribution in [1.29, 1.82) is 0 Å². The van der Waals surface area contributed by atoms with Gasteiger partial charge in [0.1, 0.15) is 11.4 Å². The number of morpholine rings is 1. The minimum atomic E-state index is -0.922. The predicted molar refractivity (Wildman–Crippen MR) is 153 cm³/mol. The monoisotopic (exact) mass is 570 g/mol. The quantitative estimate of drug-likeness (QED) is 0.553. The Morgan fingerprint density at radius 2 is 1.71 bits per heavy atom. The van der Waals surface area contributed by atoms with Gasteiger partial charge >= 0.3 is 6.09 Å². The first-order chi connectivity index (χ1) is 19.7. The van der Waals surface area contributed by atoms with Gasteiger partial charge in [-0.15, -0.1) is 0 Å². The number of piperazine rings is 2. The van der Waals surface area contributed by atoms with Gasteiger partial charge in [0.05, 0.1) is 32.4 Å². The number of carbonyl (C=O) groups excluding carboxylic acids is 2. The number of amides is 3. The molecule has 3 aliphatic heterocycles. The van der Waals surface area contributed by atoms with E-state index < -0.39 is 6.09 Å². The summed E-state index contributed by atoms with van der Waals surface area (Å²) in [5.41, 5.74) is 1.54. The van der Waals surface area contributed by atoms with Crippen molar-refractivity contribution in [2.75, 3.05) is 79.2 Å². The second-order valence-electron chi connectivity index (χ2n) is 11.5. The van der Waals surface area contributed by atoms with E-state index in [4.69, 9.17) is 9.47 Å². The van der Waals surface area contributed by atoms with E-state index in [1.165, 1.54) is 4.90 Å². The van der Waals surface area contributed by atoms with Crippen LogP contribution in [-0.4, -0.2) is 149 Å². The average molecular weight is 571 g/mol. The predicted octanol–water partition coefficient (Wildman–Crippen LogP) is 1.24. The molecule has 3 aliphatic rings. The van der Waals surface area contributed by atoms with Gasteiger partial charge in [-0.3, -0.25) is 19.4 Å². The summed E-state index contributed by atoms with van der Waals surface area (Å²) in [4.78, 5) is 48.4. The number of hydrogen-bond donors (Lipinski definition) is 1. The highest BCUT2D eigenvalue weighted by Crippen LogP contribution is 2.25. The van der Waals surface area contributed by atoms with Crippen LogP contribution in [0.2, 0.25) is 0 Å². The third-order valence-corrected chi connectivity index (χ3v) is 8.88. The van der Waals surface area contributed by atoms with Gasteiger partial charge in [0, 0.05) is 89.0 Å². The number of rotatable bonds is 6. The lowest BCUT2D eigenvalue weighted by molar-refractivity contribution is -0.135. The summed E-state index contributed by atoms with van der Waals surface area (Å²) < 4.78 is 12.8. The number of nitrogens with zero attached hydrogens (tertiary/aromatic N) is 6. The van der Waals surface area contributed by atoms with E-state index in [2.05, 4.69) is 16.7 Å². The van der Waals surface area contributed by atoms with E-state index in [-0.39, 0.29) is 36.5 Å². The van der Waals surface area contributed by atoms with E-state index in [0.29, 0.717) is 64.7 Å². The number of carbonyl (C=O) groups is 3. The van der Waals surface area contributed by atoms with E-state index in [1.807, 2.05) is 52.6 Å². The molecule has 0 spiro atoms. The molecule has 3 saturated heterocycles. The fourth-order valence-corrected chi connectivity index (χ4v) is 6.28. The zero-order valence-electron chi connectivity index (χ0n) is 24.5. The molecule has 1 N–H and O–H groups in total. The van der Waals surface area contributed by atoms with Crippen molar-refractivity contribution in [2.45, 2.75) is 32.0 Å². The Balaban J connectivity index is 1.21. The first-order valence-corrected chi connectivity index (χ1v) is 14.4. The van der Waals surface area contributed by atoms with E-state index in [9.17, 15) is 19.5 Å². The largest absolute Gasteiger partial charge is 0.497 e. The van der Waals surface area contributed by atoms with Crippen molar-refractivity contribution in [2.24, 2.45) is 7.05 Å². The molecule has 41 heavy (non-hydrogen) atoms. The standard InChI is InChI=1S/C29H42N6O6/c1-20-15-34(23(17-35(20)29(38)39)16-33-11-12-41-19-21(33)2)18-27(36)31-7-9-32(10-8-31)28(37)26-13-22-5-6-24(40-4)14-25(22)30(26)3/h5-6,13-14,20-21,23H,7-12,15-19H2,1-4H3,(H,38,39)/t20?,21-,23?/m1/s1. The highest BCUT2D eigenvalue weighted by Gasteiger charge is 2.38. The van der Waals surface area contributed by atoms with Crippen LogP contribution in [-0.2, 0) is 16.6 Å². The Labute approximate surface area is 240 Å². The summed E-state index contributed by atoms with van der Waals surface area (Å²) >= 11 is 0. The normalized spacial score (nSPS) is 24.6.